The van der Waals surface area contributed by atoms with Gasteiger partial charge in [-0.3, -0.25) is 4.79 Å². The zero-order valence-electron chi connectivity index (χ0n) is 9.95. The first-order valence-electron chi connectivity index (χ1n) is 5.38. The Labute approximate surface area is 119 Å². The molecule has 0 bridgehead atoms. The van der Waals surface area contributed by atoms with E-state index in [2.05, 4.69) is 20.8 Å². The van der Waals surface area contributed by atoms with Gasteiger partial charge in [-0.25, -0.2) is 0 Å². The van der Waals surface area contributed by atoms with Crippen LogP contribution in [0.4, 0.5) is 17.3 Å². The first-order chi connectivity index (χ1) is 9.06. The summed E-state index contributed by atoms with van der Waals surface area (Å²) in [5.41, 5.74) is 0.635. The van der Waals surface area contributed by atoms with E-state index in [0.717, 1.165) is 0 Å². The Morgan fingerprint density at radius 1 is 1.11 bits per heavy atom. The lowest BCUT2D eigenvalue weighted by Gasteiger charge is -2.08. The average Bonchev–Trinajstić information content (AvgIpc) is 2.37. The number of hydrogen-bond acceptors (Lipinski definition) is 4. The van der Waals surface area contributed by atoms with Gasteiger partial charge in [0.2, 0.25) is 5.91 Å². The first kappa shape index (κ1) is 13.6. The van der Waals surface area contributed by atoms with E-state index in [0.29, 0.717) is 27.4 Å². The number of nitrogens with one attached hydrogen (secondary N) is 2. The lowest BCUT2D eigenvalue weighted by atomic mass is 10.3. The van der Waals surface area contributed by atoms with E-state index < -0.39 is 0 Å². The Balaban J connectivity index is 2.15. The second-order valence-corrected chi connectivity index (χ2v) is 4.50. The van der Waals surface area contributed by atoms with Crippen molar-refractivity contribution in [3.63, 3.8) is 0 Å². The monoisotopic (exact) mass is 296 g/mol. The predicted molar refractivity (Wildman–Crippen MR) is 76.1 cm³/mol. The third kappa shape index (κ3) is 3.56. The smallest absolute Gasteiger partial charge is 0.222 e. The van der Waals surface area contributed by atoms with E-state index in [4.69, 9.17) is 23.2 Å². The van der Waals surface area contributed by atoms with Crippen molar-refractivity contribution in [1.29, 1.82) is 0 Å². The summed E-state index contributed by atoms with van der Waals surface area (Å²) < 4.78 is 0. The van der Waals surface area contributed by atoms with Crippen LogP contribution in [0.1, 0.15) is 6.92 Å². The summed E-state index contributed by atoms with van der Waals surface area (Å²) in [7, 11) is 0. The highest BCUT2D eigenvalue weighted by atomic mass is 35.5. The molecule has 5 nitrogen and oxygen atoms in total. The summed E-state index contributed by atoms with van der Waals surface area (Å²) in [6.45, 7) is 1.40. The minimum Gasteiger partial charge on any atom is -0.337 e. The molecule has 0 atom stereocenters. The summed E-state index contributed by atoms with van der Waals surface area (Å²) in [4.78, 5) is 10.8. The highest BCUT2D eigenvalue weighted by Crippen LogP contribution is 2.31. The van der Waals surface area contributed by atoms with Gasteiger partial charge >= 0.3 is 0 Å². The summed E-state index contributed by atoms with van der Waals surface area (Å²) in [6, 6.07) is 8.55. The van der Waals surface area contributed by atoms with Crippen molar-refractivity contribution >= 4 is 46.4 Å². The maximum atomic E-state index is 10.8. The van der Waals surface area contributed by atoms with Crippen LogP contribution in [-0.4, -0.2) is 16.1 Å². The molecule has 0 spiro atoms. The van der Waals surface area contributed by atoms with Gasteiger partial charge in [-0.2, -0.15) is 0 Å². The van der Waals surface area contributed by atoms with Crippen LogP contribution in [0.2, 0.25) is 10.0 Å². The lowest BCUT2D eigenvalue weighted by molar-refractivity contribution is -0.114. The van der Waals surface area contributed by atoms with Crippen molar-refractivity contribution in [2.24, 2.45) is 0 Å². The van der Waals surface area contributed by atoms with Gasteiger partial charge in [0, 0.05) is 6.92 Å². The third-order valence-electron chi connectivity index (χ3n) is 2.18. The average molecular weight is 297 g/mol. The van der Waals surface area contributed by atoms with Crippen LogP contribution in [0.3, 0.4) is 0 Å². The van der Waals surface area contributed by atoms with Gasteiger partial charge < -0.3 is 10.6 Å². The highest BCUT2D eigenvalue weighted by molar-refractivity contribution is 6.43. The Morgan fingerprint density at radius 2 is 1.79 bits per heavy atom. The Morgan fingerprint density at radius 3 is 2.42 bits per heavy atom. The molecule has 98 valence electrons. The van der Waals surface area contributed by atoms with Crippen molar-refractivity contribution in [3.05, 3.63) is 40.4 Å². The summed E-state index contributed by atoms with van der Waals surface area (Å²) >= 11 is 12.0. The van der Waals surface area contributed by atoms with E-state index in [1.807, 2.05) is 0 Å². The number of carbonyl (C=O) groups is 1. The predicted octanol–water partition coefficient (Wildman–Crippen LogP) is 3.49. The maximum absolute atomic E-state index is 10.8. The number of nitrogens with zero attached hydrogens (tertiary/aromatic N) is 2. The van der Waals surface area contributed by atoms with Crippen molar-refractivity contribution < 1.29 is 4.79 Å². The van der Waals surface area contributed by atoms with Crippen molar-refractivity contribution in [1.82, 2.24) is 10.2 Å². The molecule has 2 N–H and O–H groups in total. The molecule has 1 amide bonds. The number of hydrogen-bond donors (Lipinski definition) is 2. The summed E-state index contributed by atoms with van der Waals surface area (Å²) in [5, 5.41) is 14.2. The van der Waals surface area contributed by atoms with Crippen molar-refractivity contribution in [2.75, 3.05) is 10.6 Å². The molecule has 0 radical (unpaired) electrons. The molecule has 2 aromatic rings. The van der Waals surface area contributed by atoms with E-state index in [1.54, 1.807) is 30.3 Å². The largest absolute Gasteiger partial charge is 0.337 e. The fourth-order valence-corrected chi connectivity index (χ4v) is 1.73. The minimum atomic E-state index is -0.201. The summed E-state index contributed by atoms with van der Waals surface area (Å²) in [6.07, 6.45) is 0. The number of halogens is 2. The Hall–Kier alpha value is -1.85. The number of benzene rings is 1. The maximum Gasteiger partial charge on any atom is 0.222 e. The van der Waals surface area contributed by atoms with Gasteiger partial charge in [-0.05, 0) is 24.3 Å². The normalized spacial score (nSPS) is 10.1. The number of amides is 1. The molecule has 0 saturated carbocycles. The van der Waals surface area contributed by atoms with Crippen LogP contribution in [0.15, 0.2) is 30.3 Å². The molecule has 1 aromatic carbocycles. The molecule has 0 unspecified atom stereocenters. The topological polar surface area (TPSA) is 66.9 Å². The molecule has 7 heteroatoms. The molecule has 19 heavy (non-hydrogen) atoms. The van der Waals surface area contributed by atoms with E-state index >= 15 is 0 Å². The molecular formula is C12H10Cl2N4O. The van der Waals surface area contributed by atoms with Crippen molar-refractivity contribution in [3.8, 4) is 0 Å². The van der Waals surface area contributed by atoms with E-state index in [-0.39, 0.29) is 5.91 Å². The number of anilines is 3. The van der Waals surface area contributed by atoms with Gasteiger partial charge in [0.15, 0.2) is 11.6 Å². The van der Waals surface area contributed by atoms with Gasteiger partial charge in [-0.1, -0.05) is 29.3 Å². The molecule has 1 heterocycles. The van der Waals surface area contributed by atoms with Crippen molar-refractivity contribution in [2.45, 2.75) is 6.92 Å². The molecule has 2 rings (SSSR count). The van der Waals surface area contributed by atoms with Crippen LogP contribution < -0.4 is 10.6 Å². The second kappa shape index (κ2) is 5.86. The van der Waals surface area contributed by atoms with Gasteiger partial charge in [0.05, 0.1) is 15.7 Å². The molecule has 0 fully saturated rings. The number of carbonyl (C=O) groups excluding carboxylic acids is 1. The number of aromatic nitrogens is 2. The van der Waals surface area contributed by atoms with Crippen LogP contribution >= 0.6 is 23.2 Å². The standard InChI is InChI=1S/C12H10Cl2N4O/c1-7(19)15-10-5-6-11(18-17-10)16-9-4-2-3-8(13)12(9)14/h2-6H,1H3,(H,16,18)(H,15,17,19). The molecule has 0 saturated heterocycles. The SMILES string of the molecule is CC(=O)Nc1ccc(Nc2cccc(Cl)c2Cl)nn1. The van der Waals surface area contributed by atoms with Gasteiger partial charge in [0.25, 0.3) is 0 Å². The van der Waals surface area contributed by atoms with E-state index in [9.17, 15) is 4.79 Å². The number of rotatable bonds is 3. The fourth-order valence-electron chi connectivity index (χ4n) is 1.38. The Kier molecular flexibility index (Phi) is 4.19. The van der Waals surface area contributed by atoms with Crippen LogP contribution in [0, 0.1) is 0 Å². The fraction of sp³-hybridized carbons (Fsp3) is 0.0833. The van der Waals surface area contributed by atoms with E-state index in [1.165, 1.54) is 6.92 Å². The molecule has 0 aliphatic heterocycles. The molecular weight excluding hydrogens is 287 g/mol. The molecule has 1 aromatic heterocycles. The molecule has 0 aliphatic carbocycles. The molecule has 0 aliphatic rings. The van der Waals surface area contributed by atoms with Crippen LogP contribution in [-0.2, 0) is 4.79 Å². The Bertz CT molecular complexity index is 601. The third-order valence-corrected chi connectivity index (χ3v) is 3.00. The van der Waals surface area contributed by atoms with Crippen LogP contribution in [0.25, 0.3) is 0 Å². The zero-order valence-corrected chi connectivity index (χ0v) is 11.5. The van der Waals surface area contributed by atoms with Gasteiger partial charge in [0.1, 0.15) is 0 Å². The first-order valence-corrected chi connectivity index (χ1v) is 6.14. The highest BCUT2D eigenvalue weighted by Gasteiger charge is 2.05. The van der Waals surface area contributed by atoms with Gasteiger partial charge in [-0.15, -0.1) is 10.2 Å². The van der Waals surface area contributed by atoms with Crippen LogP contribution in [0.5, 0.6) is 0 Å². The minimum absolute atomic E-state index is 0.201. The second-order valence-electron chi connectivity index (χ2n) is 3.71. The summed E-state index contributed by atoms with van der Waals surface area (Å²) in [5.74, 6) is 0.682. The lowest BCUT2D eigenvalue weighted by Crippen LogP contribution is -2.08. The zero-order chi connectivity index (χ0) is 13.8. The quantitative estimate of drug-likeness (QED) is 0.910.